The second-order valence-corrected chi connectivity index (χ2v) is 20.6. The zero-order valence-corrected chi connectivity index (χ0v) is 40.0. The first-order chi connectivity index (χ1) is 32.5. The number of carboxylic acid groups (broad SMARTS) is 1. The van der Waals surface area contributed by atoms with Gasteiger partial charge in [0.1, 0.15) is 6.54 Å². The molecule has 2 amide bonds. The molecule has 14 nitrogen and oxygen atoms in total. The Morgan fingerprint density at radius 1 is 0.750 bits per heavy atom. The van der Waals surface area contributed by atoms with E-state index in [0.29, 0.717) is 37.0 Å². The molecule has 0 aromatic heterocycles. The number of carbonyl (C=O) groups excluding carboxylic acids is 2. The molecule has 16 heteroatoms. The number of hydrogen-bond acceptors (Lipinski definition) is 10. The topological polar surface area (TPSA) is 195 Å². The quantitative estimate of drug-likeness (QED) is 0.0368. The predicted octanol–water partition coefficient (Wildman–Crippen LogP) is 11.2. The highest BCUT2D eigenvalue weighted by molar-refractivity contribution is 7.94. The van der Waals surface area contributed by atoms with Crippen molar-refractivity contribution in [3.8, 4) is 0 Å². The van der Waals surface area contributed by atoms with E-state index in [1.165, 1.54) is 29.8 Å². The summed E-state index contributed by atoms with van der Waals surface area (Å²) in [5, 5.41) is 31.8. The summed E-state index contributed by atoms with van der Waals surface area (Å²) in [4.78, 5) is 41.3. The van der Waals surface area contributed by atoms with Crippen LogP contribution in [-0.4, -0.2) is 64.5 Å². The van der Waals surface area contributed by atoms with Gasteiger partial charge in [0.25, 0.3) is 10.1 Å². The Labute approximate surface area is 399 Å². The van der Waals surface area contributed by atoms with E-state index in [1.54, 1.807) is 12.1 Å². The van der Waals surface area contributed by atoms with Crippen molar-refractivity contribution in [1.82, 2.24) is 0 Å². The molecule has 5 N–H and O–H groups in total. The zero-order chi connectivity index (χ0) is 48.4. The highest BCUT2D eigenvalue weighted by Gasteiger charge is 2.45. The van der Waals surface area contributed by atoms with Crippen molar-refractivity contribution >= 4 is 90.0 Å². The van der Waals surface area contributed by atoms with Gasteiger partial charge in [0, 0.05) is 76.6 Å². The van der Waals surface area contributed by atoms with Gasteiger partial charge in [-0.05, 0) is 127 Å². The molecular weight excluding hydrogens is 905 g/mol. The number of aromatic carboxylic acids is 1. The van der Waals surface area contributed by atoms with Crippen LogP contribution >= 0.6 is 12.0 Å². The molecule has 3 aliphatic rings. The summed E-state index contributed by atoms with van der Waals surface area (Å²) in [5.41, 5.74) is 6.06. The maximum Gasteiger partial charge on any atom is 0.335 e. The highest BCUT2D eigenvalue weighted by Crippen LogP contribution is 2.51. The van der Waals surface area contributed by atoms with Gasteiger partial charge in [-0.2, -0.15) is 13.0 Å². The minimum absolute atomic E-state index is 0.0576. The third-order valence-electron chi connectivity index (χ3n) is 13.1. The van der Waals surface area contributed by atoms with Gasteiger partial charge < -0.3 is 20.6 Å². The summed E-state index contributed by atoms with van der Waals surface area (Å²) in [6.45, 7) is 10.1. The number of rotatable bonds is 5. The Bertz CT molecular complexity index is 3080. The molecule has 0 saturated carbocycles. The number of nitrogens with zero attached hydrogens (tertiary/aromatic N) is 2. The summed E-state index contributed by atoms with van der Waals surface area (Å²) < 4.78 is 41.0. The van der Waals surface area contributed by atoms with Crippen molar-refractivity contribution in [1.29, 1.82) is 0 Å². The van der Waals surface area contributed by atoms with E-state index < -0.39 is 26.9 Å². The number of hydrogen-bond donors (Lipinski definition) is 5. The van der Waals surface area contributed by atoms with Gasteiger partial charge in [0.15, 0.2) is 5.71 Å². The molecule has 0 aliphatic carbocycles. The second-order valence-electron chi connectivity index (χ2n) is 18.4. The number of fused-ring (bicyclic) bond motifs is 11. The van der Waals surface area contributed by atoms with Crippen LogP contribution in [0.25, 0.3) is 21.5 Å². The number of carbonyl (C=O) groups is 3. The first kappa shape index (κ1) is 48.3. The Morgan fingerprint density at radius 3 is 2.10 bits per heavy atom. The Kier molecular flexibility index (Phi) is 14.1. The molecule has 5 aromatic rings. The Hall–Kier alpha value is -6.14. The Balaban J connectivity index is 1.16. The van der Waals surface area contributed by atoms with Gasteiger partial charge in [-0.15, -0.1) is 4.33 Å². The van der Waals surface area contributed by atoms with Crippen LogP contribution in [0.1, 0.15) is 101 Å². The minimum atomic E-state index is -4.40. The highest BCUT2D eigenvalue weighted by atomic mass is 32.2. The lowest BCUT2D eigenvalue weighted by molar-refractivity contribution is -0.438. The lowest BCUT2D eigenvalue weighted by Crippen LogP contribution is -2.28. The smallest absolute Gasteiger partial charge is 0.335 e. The van der Waals surface area contributed by atoms with Crippen LogP contribution in [0.2, 0.25) is 0 Å². The molecule has 354 valence electrons. The van der Waals surface area contributed by atoms with E-state index in [0.717, 1.165) is 87.1 Å². The van der Waals surface area contributed by atoms with Crippen molar-refractivity contribution in [2.45, 2.75) is 99.7 Å². The van der Waals surface area contributed by atoms with Gasteiger partial charge in [-0.3, -0.25) is 14.1 Å². The second kappa shape index (κ2) is 19.8. The first-order valence-electron chi connectivity index (χ1n) is 22.7. The number of allylic oxidation sites excluding steroid dienone is 6. The SMILES string of the molecule is CC1(C)C2=[N+](CCCCCC(=O)Nc3cc(cc(C(=O)O)c3)NC(=O)CCCCCN3/C(=C/C=C/C=C/2)C(C)(C)c2c3ccc3cc(SOOO)ccc23)c2ccc3cc(S(=O)(=O)O)ccc3c21. The molecule has 8 rings (SSSR count). The fourth-order valence-corrected chi connectivity index (χ4v) is 11.0. The molecule has 5 aromatic carbocycles. The molecule has 68 heavy (non-hydrogen) atoms. The van der Waals surface area contributed by atoms with E-state index in [2.05, 4.69) is 89.3 Å². The normalized spacial score (nSPS) is 19.8. The number of benzene rings is 5. The summed E-state index contributed by atoms with van der Waals surface area (Å²) >= 11 is 0.911. The molecule has 0 unspecified atom stereocenters. The van der Waals surface area contributed by atoms with E-state index in [9.17, 15) is 32.5 Å². The zero-order valence-electron chi connectivity index (χ0n) is 38.4. The van der Waals surface area contributed by atoms with E-state index in [-0.39, 0.29) is 40.8 Å². The third-order valence-corrected chi connectivity index (χ3v) is 14.6. The molecule has 0 radical (unpaired) electrons. The fraction of sp³-hybridized carbons (Fsp3) is 0.308. The van der Waals surface area contributed by atoms with Gasteiger partial charge >= 0.3 is 5.97 Å². The van der Waals surface area contributed by atoms with Crippen molar-refractivity contribution in [3.05, 3.63) is 132 Å². The molecule has 3 heterocycles. The van der Waals surface area contributed by atoms with Crippen LogP contribution in [-0.2, 0) is 39.9 Å². The molecule has 0 saturated heterocycles. The Morgan fingerprint density at radius 2 is 1.41 bits per heavy atom. The summed E-state index contributed by atoms with van der Waals surface area (Å²) in [6.07, 6.45) is 15.1. The molecule has 3 aliphatic heterocycles. The third kappa shape index (κ3) is 10.0. The van der Waals surface area contributed by atoms with Gasteiger partial charge in [0.2, 0.25) is 17.5 Å². The molecule has 0 spiro atoms. The maximum absolute atomic E-state index is 13.2. The number of anilines is 3. The van der Waals surface area contributed by atoms with Gasteiger partial charge in [-0.25, -0.2) is 10.1 Å². The van der Waals surface area contributed by atoms with Crippen LogP contribution in [0.4, 0.5) is 22.7 Å². The van der Waals surface area contributed by atoms with E-state index in [1.807, 2.05) is 36.4 Å². The van der Waals surface area contributed by atoms with Gasteiger partial charge in [0.05, 0.1) is 27.9 Å². The molecule has 0 fully saturated rings. The van der Waals surface area contributed by atoms with Crippen molar-refractivity contribution in [2.24, 2.45) is 0 Å². The largest absolute Gasteiger partial charge is 0.478 e. The average molecular weight is 960 g/mol. The van der Waals surface area contributed by atoms with Crippen molar-refractivity contribution < 1.29 is 51.7 Å². The molecule has 2 bridgehead atoms. The summed E-state index contributed by atoms with van der Waals surface area (Å²) in [7, 11) is -4.40. The summed E-state index contributed by atoms with van der Waals surface area (Å²) in [5.74, 6) is -1.69. The fourth-order valence-electron chi connectivity index (χ4n) is 10.1. The number of amides is 2. The van der Waals surface area contributed by atoms with Crippen LogP contribution in [0, 0.1) is 0 Å². The number of nitrogens with one attached hydrogen (secondary N) is 2. The van der Waals surface area contributed by atoms with Crippen LogP contribution < -0.4 is 15.5 Å². The first-order valence-corrected chi connectivity index (χ1v) is 24.9. The van der Waals surface area contributed by atoms with Crippen molar-refractivity contribution in [3.63, 3.8) is 0 Å². The van der Waals surface area contributed by atoms with Crippen LogP contribution in [0.15, 0.2) is 125 Å². The lowest BCUT2D eigenvalue weighted by Gasteiger charge is -2.27. The number of carboxylic acids is 1. The van der Waals surface area contributed by atoms with Gasteiger partial charge in [-0.1, -0.05) is 61.7 Å². The standard InChI is InChI=1S/C52H54N4O10S2/c1-51(2)44-14-8-5-9-15-45-52(3,4)49-41-23-21-39(68(62,63)64)31-34(41)19-25-43(49)56(45)27-13-7-11-17-47(58)54-37-29-35(50(59)60)28-36(32-37)53-46(57)16-10-6-12-26-55(44)42-24-18-33-30-38(67-66-65-61)20-22-40(33)48(42)51/h5,8-9,14-15,18-25,28-32H,6-7,10-13,16-17,26-27H2,1-4H3,(H4-,53,54,57,58,59,60,61,62,63,64)/p+1. The monoisotopic (exact) mass is 959 g/mol. The van der Waals surface area contributed by atoms with E-state index in [4.69, 9.17) is 9.59 Å². The lowest BCUT2D eigenvalue weighted by atomic mass is 9.79. The molecular formula is C52H55N4O10S2+. The van der Waals surface area contributed by atoms with E-state index >= 15 is 0 Å². The summed E-state index contributed by atoms with van der Waals surface area (Å²) in [6, 6.07) is 23.1. The average Bonchev–Trinajstić information content (AvgIpc) is 3.64. The maximum atomic E-state index is 13.2. The minimum Gasteiger partial charge on any atom is -0.478 e. The predicted molar refractivity (Wildman–Crippen MR) is 266 cm³/mol. The van der Waals surface area contributed by atoms with Crippen LogP contribution in [0.3, 0.4) is 0 Å². The van der Waals surface area contributed by atoms with Crippen molar-refractivity contribution in [2.75, 3.05) is 28.6 Å². The molecule has 0 atom stereocenters. The van der Waals surface area contributed by atoms with Crippen LogP contribution in [0.5, 0.6) is 0 Å².